The molecule has 0 spiro atoms. The number of carboxylic acid groups (broad SMARTS) is 1. The van der Waals surface area contributed by atoms with E-state index in [-0.39, 0.29) is 11.7 Å². The van der Waals surface area contributed by atoms with E-state index in [0.29, 0.717) is 16.8 Å². The molecule has 3 N–H and O–H groups in total. The van der Waals surface area contributed by atoms with Gasteiger partial charge in [0.25, 0.3) is 0 Å². The molecule has 0 radical (unpaired) electrons. The molecule has 0 fully saturated rings. The van der Waals surface area contributed by atoms with Crippen LogP contribution in [-0.4, -0.2) is 37.3 Å². The van der Waals surface area contributed by atoms with Crippen molar-refractivity contribution in [1.29, 1.82) is 0 Å². The molecule has 1 aliphatic rings. The van der Waals surface area contributed by atoms with Gasteiger partial charge in [0, 0.05) is 11.3 Å². The molecule has 3 unspecified atom stereocenters. The molecule has 1 heterocycles. The van der Waals surface area contributed by atoms with E-state index in [0.717, 1.165) is 49.4 Å². The Labute approximate surface area is 187 Å². The highest BCUT2D eigenvalue weighted by Crippen LogP contribution is 2.40. The third-order valence-corrected chi connectivity index (χ3v) is 7.07. The van der Waals surface area contributed by atoms with Crippen molar-refractivity contribution >= 4 is 14.0 Å². The number of hydrogen-bond acceptors (Lipinski definition) is 4. The van der Waals surface area contributed by atoms with Crippen LogP contribution in [0, 0.1) is 17.7 Å². The van der Waals surface area contributed by atoms with Gasteiger partial charge in [0.2, 0.25) is 0 Å². The van der Waals surface area contributed by atoms with Crippen LogP contribution in [0.25, 0.3) is 11.1 Å². The van der Waals surface area contributed by atoms with Gasteiger partial charge >= 0.3 is 19.2 Å². The summed E-state index contributed by atoms with van der Waals surface area (Å²) < 4.78 is 25.6. The van der Waals surface area contributed by atoms with Crippen LogP contribution in [0.3, 0.4) is 0 Å². The number of nitrogens with zero attached hydrogens (tertiary/aromatic N) is 1. The van der Waals surface area contributed by atoms with Crippen LogP contribution in [-0.2, 0) is 22.2 Å². The lowest BCUT2D eigenvalue weighted by molar-refractivity contribution is -0.141. The average molecular weight is 458 g/mol. The van der Waals surface area contributed by atoms with E-state index in [2.05, 4.69) is 11.8 Å². The third kappa shape index (κ3) is 4.31. The quantitative estimate of drug-likeness (QED) is 0.458. The second-order valence-corrected chi connectivity index (χ2v) is 9.56. The summed E-state index contributed by atoms with van der Waals surface area (Å²) in [6, 6.07) is 5.97. The Morgan fingerprint density at radius 2 is 1.81 bits per heavy atom. The molecule has 3 rings (SSSR count). The number of rotatable bonds is 5. The van der Waals surface area contributed by atoms with Gasteiger partial charge in [-0.1, -0.05) is 31.9 Å². The Kier molecular flexibility index (Phi) is 7.09. The lowest BCUT2D eigenvalue weighted by atomic mass is 9.84. The van der Waals surface area contributed by atoms with Crippen LogP contribution in [0.5, 0.6) is 0 Å². The summed E-state index contributed by atoms with van der Waals surface area (Å²) in [5.74, 6) is 3.11. The van der Waals surface area contributed by atoms with Crippen molar-refractivity contribution in [3.8, 4) is 23.0 Å². The lowest BCUT2D eigenvalue weighted by Crippen LogP contribution is -2.43. The van der Waals surface area contributed by atoms with Crippen LogP contribution in [0.4, 0.5) is 4.39 Å². The molecule has 2 aromatic rings. The summed E-state index contributed by atoms with van der Waals surface area (Å²) in [4.78, 5) is 26.5. The fraction of sp³-hybridized carbons (Fsp3) is 0.417. The number of halogens is 1. The molecule has 0 saturated heterocycles. The van der Waals surface area contributed by atoms with Crippen LogP contribution >= 0.6 is 8.03 Å². The highest BCUT2D eigenvalue weighted by Gasteiger charge is 2.60. The molecule has 1 aromatic heterocycles. The molecule has 0 bridgehead atoms. The maximum Gasteiger partial charge on any atom is 0.540 e. The van der Waals surface area contributed by atoms with E-state index in [1.807, 2.05) is 13.8 Å². The molecular weight excluding hydrogens is 432 g/mol. The molecule has 0 amide bonds. The highest BCUT2D eigenvalue weighted by atomic mass is 31.1. The van der Waals surface area contributed by atoms with Crippen LogP contribution < -0.4 is 0 Å². The summed E-state index contributed by atoms with van der Waals surface area (Å²) in [6.07, 6.45) is 1.80. The normalized spacial score (nSPS) is 16.4. The smallest absolute Gasteiger partial charge is 0.477 e. The summed E-state index contributed by atoms with van der Waals surface area (Å²) in [5, 5.41) is 17.2. The van der Waals surface area contributed by atoms with Crippen molar-refractivity contribution in [2.24, 2.45) is 0 Å². The largest absolute Gasteiger partial charge is 0.540 e. The Bertz CT molecular complexity index is 1100. The van der Waals surface area contributed by atoms with Gasteiger partial charge < -0.3 is 10.2 Å². The van der Waals surface area contributed by atoms with E-state index >= 15 is 0 Å². The number of aliphatic hydroxyl groups is 1. The van der Waals surface area contributed by atoms with Crippen molar-refractivity contribution in [2.45, 2.75) is 63.6 Å². The van der Waals surface area contributed by atoms with Crippen molar-refractivity contribution in [1.82, 2.24) is 4.98 Å². The zero-order valence-electron chi connectivity index (χ0n) is 18.2. The van der Waals surface area contributed by atoms with Gasteiger partial charge in [-0.3, -0.25) is 4.98 Å². The predicted octanol–water partition coefficient (Wildman–Crippen LogP) is 4.18. The molecule has 1 aromatic carbocycles. The topological polar surface area (TPSA) is 108 Å². The fourth-order valence-corrected chi connectivity index (χ4v) is 4.66. The number of aryl methyl sites for hydroxylation is 1. The predicted molar refractivity (Wildman–Crippen MR) is 119 cm³/mol. The number of fused-ring (bicyclic) bond motifs is 1. The van der Waals surface area contributed by atoms with Gasteiger partial charge in [0.15, 0.2) is 0 Å². The first kappa shape index (κ1) is 24.0. The number of pyridine rings is 1. The molecule has 8 heteroatoms. The van der Waals surface area contributed by atoms with Gasteiger partial charge in [0.05, 0.1) is 11.3 Å². The standard InChI is InChI=1S/C24H25FNO5P/c1-14(2)22-19(12-13-24(15(3)27,23(28)29)32(30)31)21(16-8-10-17(25)11-9-16)18-6-4-5-7-20(18)26-22/h8-11,14-15,27H,4-7H2,1-3H3,(H-,28,29,30,31)/p+1. The number of carboxylic acids is 1. The number of hydrogen-bond donors (Lipinski definition) is 3. The van der Waals surface area contributed by atoms with Gasteiger partial charge in [-0.05, 0) is 72.3 Å². The van der Waals surface area contributed by atoms with Gasteiger partial charge in [-0.15, -0.1) is 0 Å². The SMILES string of the molecule is CC(C)c1nc2c(c(-c3ccc(F)cc3)c1C#CC(C(=O)O)(C(C)O)[P+](=O)O)CCCC2. The first-order valence-corrected chi connectivity index (χ1v) is 11.7. The van der Waals surface area contributed by atoms with Gasteiger partial charge in [-0.25, -0.2) is 9.18 Å². The minimum atomic E-state index is -3.37. The summed E-state index contributed by atoms with van der Waals surface area (Å²) in [7, 11) is -3.37. The molecule has 0 aliphatic heterocycles. The summed E-state index contributed by atoms with van der Waals surface area (Å²) >= 11 is 0. The average Bonchev–Trinajstić information content (AvgIpc) is 2.73. The van der Waals surface area contributed by atoms with Crippen molar-refractivity contribution in [3.63, 3.8) is 0 Å². The lowest BCUT2D eigenvalue weighted by Gasteiger charge is -2.24. The van der Waals surface area contributed by atoms with E-state index < -0.39 is 25.3 Å². The molecule has 32 heavy (non-hydrogen) atoms. The van der Waals surface area contributed by atoms with Gasteiger partial charge in [0.1, 0.15) is 11.9 Å². The van der Waals surface area contributed by atoms with Crippen molar-refractivity contribution in [2.75, 3.05) is 0 Å². The van der Waals surface area contributed by atoms with Crippen LogP contribution in [0.1, 0.15) is 62.0 Å². The van der Waals surface area contributed by atoms with Crippen LogP contribution in [0.15, 0.2) is 24.3 Å². The maximum absolute atomic E-state index is 13.6. The third-order valence-electron chi connectivity index (χ3n) is 5.79. The summed E-state index contributed by atoms with van der Waals surface area (Å²) in [6.45, 7) is 4.99. The molecule has 1 aliphatic carbocycles. The summed E-state index contributed by atoms with van der Waals surface area (Å²) in [5.41, 5.74) is 4.44. The van der Waals surface area contributed by atoms with Gasteiger partial charge in [-0.2, -0.15) is 4.89 Å². The Balaban J connectivity index is 2.39. The molecule has 3 atom stereocenters. The number of benzene rings is 1. The first-order chi connectivity index (χ1) is 15.1. The monoisotopic (exact) mass is 458 g/mol. The number of carbonyl (C=O) groups is 1. The highest BCUT2D eigenvalue weighted by molar-refractivity contribution is 7.42. The Morgan fingerprint density at radius 1 is 1.19 bits per heavy atom. The number of aliphatic hydroxyl groups excluding tert-OH is 1. The molecular formula is C24H26FNO5P+. The number of aromatic nitrogens is 1. The minimum absolute atomic E-state index is 0.0700. The first-order valence-electron chi connectivity index (χ1n) is 10.5. The van der Waals surface area contributed by atoms with Crippen molar-refractivity contribution < 1.29 is 28.9 Å². The maximum atomic E-state index is 13.6. The molecule has 6 nitrogen and oxygen atoms in total. The van der Waals surface area contributed by atoms with Crippen molar-refractivity contribution in [3.05, 3.63) is 52.6 Å². The van der Waals surface area contributed by atoms with Crippen LogP contribution in [0.2, 0.25) is 0 Å². The zero-order chi connectivity index (χ0) is 23.6. The second kappa shape index (κ2) is 9.46. The fourth-order valence-electron chi connectivity index (χ4n) is 4.03. The molecule has 168 valence electrons. The van der Waals surface area contributed by atoms with E-state index in [1.54, 1.807) is 12.1 Å². The molecule has 0 saturated carbocycles. The Hall–Kier alpha value is -2.65. The number of aliphatic carboxylic acids is 1. The van der Waals surface area contributed by atoms with E-state index in [1.165, 1.54) is 12.1 Å². The zero-order valence-corrected chi connectivity index (χ0v) is 19.1. The Morgan fingerprint density at radius 3 is 2.34 bits per heavy atom. The second-order valence-electron chi connectivity index (χ2n) is 8.31. The van der Waals surface area contributed by atoms with E-state index in [4.69, 9.17) is 4.98 Å². The van der Waals surface area contributed by atoms with E-state index in [9.17, 15) is 28.9 Å². The minimum Gasteiger partial charge on any atom is -0.477 e.